The molecular weight excluding hydrogens is 288 g/mol. The molecule has 1 saturated heterocycles. The average molecular weight is 316 g/mol. The summed E-state index contributed by atoms with van der Waals surface area (Å²) in [5, 5.41) is 2.95. The van der Waals surface area contributed by atoms with E-state index in [0.29, 0.717) is 18.0 Å². The van der Waals surface area contributed by atoms with Crippen LogP contribution in [-0.2, 0) is 0 Å². The lowest BCUT2D eigenvalue weighted by Gasteiger charge is -2.35. The van der Waals surface area contributed by atoms with Gasteiger partial charge in [-0.15, -0.1) is 0 Å². The first-order chi connectivity index (χ1) is 11.2. The molecule has 1 aromatic rings. The molecule has 1 amide bonds. The Kier molecular flexibility index (Phi) is 5.18. The number of amides is 1. The molecule has 5 nitrogen and oxygen atoms in total. The van der Waals surface area contributed by atoms with Gasteiger partial charge >= 0.3 is 0 Å². The Morgan fingerprint density at radius 3 is 2.43 bits per heavy atom. The van der Waals surface area contributed by atoms with Gasteiger partial charge in [-0.2, -0.15) is 0 Å². The maximum Gasteiger partial charge on any atom is 0.251 e. The van der Waals surface area contributed by atoms with Gasteiger partial charge in [0.15, 0.2) is 0 Å². The zero-order valence-electron chi connectivity index (χ0n) is 14.0. The third kappa shape index (κ3) is 4.24. The molecule has 1 atom stereocenters. The van der Waals surface area contributed by atoms with Crippen LogP contribution in [0, 0.1) is 5.92 Å². The molecule has 1 unspecified atom stereocenters. The van der Waals surface area contributed by atoms with Crippen LogP contribution in [0.2, 0.25) is 0 Å². The maximum absolute atomic E-state index is 12.2. The van der Waals surface area contributed by atoms with E-state index in [-0.39, 0.29) is 11.9 Å². The van der Waals surface area contributed by atoms with Crippen molar-refractivity contribution in [3.8, 4) is 0 Å². The fourth-order valence-electron chi connectivity index (χ4n) is 3.15. The van der Waals surface area contributed by atoms with Gasteiger partial charge in [-0.1, -0.05) is 6.92 Å². The molecule has 3 N–H and O–H groups in total. The Balaban J connectivity index is 1.51. The number of benzene rings is 1. The van der Waals surface area contributed by atoms with Crippen LogP contribution < -0.4 is 16.0 Å². The summed E-state index contributed by atoms with van der Waals surface area (Å²) in [7, 11) is 0. The fraction of sp³-hybridized carbons (Fsp3) is 0.611. The van der Waals surface area contributed by atoms with E-state index in [4.69, 9.17) is 5.73 Å². The van der Waals surface area contributed by atoms with Crippen LogP contribution in [-0.4, -0.2) is 56.1 Å². The first kappa shape index (κ1) is 16.3. The van der Waals surface area contributed by atoms with Gasteiger partial charge < -0.3 is 20.9 Å². The molecule has 1 heterocycles. The number of piperazine rings is 1. The highest BCUT2D eigenvalue weighted by Crippen LogP contribution is 2.31. The molecule has 3 rings (SSSR count). The lowest BCUT2D eigenvalue weighted by molar-refractivity contribution is 0.0950. The second kappa shape index (κ2) is 7.32. The topological polar surface area (TPSA) is 61.6 Å². The third-order valence-corrected chi connectivity index (χ3v) is 5.04. The molecule has 2 aliphatic rings. The normalized spacial score (nSPS) is 20.3. The molecule has 1 aliphatic carbocycles. The van der Waals surface area contributed by atoms with Crippen molar-refractivity contribution in [2.75, 3.05) is 44.2 Å². The molecule has 0 spiro atoms. The number of anilines is 1. The van der Waals surface area contributed by atoms with Crippen LogP contribution in [0.4, 0.5) is 5.69 Å². The number of nitrogens with zero attached hydrogens (tertiary/aromatic N) is 2. The molecular formula is C18H28N4O. The van der Waals surface area contributed by atoms with Crippen molar-refractivity contribution in [1.29, 1.82) is 0 Å². The Bertz CT molecular complexity index is 518. The van der Waals surface area contributed by atoms with Crippen molar-refractivity contribution in [2.45, 2.75) is 25.8 Å². The summed E-state index contributed by atoms with van der Waals surface area (Å²) < 4.78 is 0. The number of nitrogens with one attached hydrogen (secondary N) is 1. The number of carbonyl (C=O) groups is 1. The third-order valence-electron chi connectivity index (χ3n) is 5.04. The molecule has 1 saturated carbocycles. The molecule has 1 aromatic carbocycles. The van der Waals surface area contributed by atoms with Crippen molar-refractivity contribution < 1.29 is 4.79 Å². The van der Waals surface area contributed by atoms with E-state index >= 15 is 0 Å². The zero-order valence-corrected chi connectivity index (χ0v) is 14.0. The van der Waals surface area contributed by atoms with Crippen LogP contribution in [0.5, 0.6) is 0 Å². The molecule has 2 fully saturated rings. The highest BCUT2D eigenvalue weighted by atomic mass is 16.1. The van der Waals surface area contributed by atoms with Crippen LogP contribution in [0.3, 0.4) is 0 Å². The molecule has 1 aliphatic heterocycles. The Morgan fingerprint density at radius 2 is 1.87 bits per heavy atom. The van der Waals surface area contributed by atoms with Gasteiger partial charge in [0, 0.05) is 50.0 Å². The number of hydrogen-bond donors (Lipinski definition) is 2. The minimum Gasteiger partial charge on any atom is -0.369 e. The fourth-order valence-corrected chi connectivity index (χ4v) is 3.15. The van der Waals surface area contributed by atoms with Crippen molar-refractivity contribution in [3.05, 3.63) is 29.8 Å². The summed E-state index contributed by atoms with van der Waals surface area (Å²) in [6.45, 7) is 8.22. The number of carbonyl (C=O) groups excluding carboxylic acids is 1. The van der Waals surface area contributed by atoms with E-state index in [1.54, 1.807) is 0 Å². The minimum atomic E-state index is -0.0246. The van der Waals surface area contributed by atoms with Gasteiger partial charge in [0.25, 0.3) is 5.91 Å². The van der Waals surface area contributed by atoms with Gasteiger partial charge in [-0.3, -0.25) is 4.79 Å². The molecule has 5 heteroatoms. The van der Waals surface area contributed by atoms with Crippen molar-refractivity contribution in [2.24, 2.45) is 11.7 Å². The van der Waals surface area contributed by atoms with E-state index in [1.807, 2.05) is 12.1 Å². The zero-order chi connectivity index (χ0) is 16.2. The predicted octanol–water partition coefficient (Wildman–Crippen LogP) is 1.30. The van der Waals surface area contributed by atoms with Crippen LogP contribution in [0.25, 0.3) is 0 Å². The summed E-state index contributed by atoms with van der Waals surface area (Å²) in [5.74, 6) is 0.586. The summed E-state index contributed by atoms with van der Waals surface area (Å²) in [5.41, 5.74) is 7.94. The van der Waals surface area contributed by atoms with E-state index < -0.39 is 0 Å². The minimum absolute atomic E-state index is 0.0246. The maximum atomic E-state index is 12.2. The second-order valence-corrected chi connectivity index (χ2v) is 6.68. The van der Waals surface area contributed by atoms with Crippen LogP contribution >= 0.6 is 0 Å². The molecule has 0 radical (unpaired) electrons. The predicted molar refractivity (Wildman–Crippen MR) is 93.8 cm³/mol. The first-order valence-electron chi connectivity index (χ1n) is 8.78. The summed E-state index contributed by atoms with van der Waals surface area (Å²) in [6.07, 6.45) is 2.41. The average Bonchev–Trinajstić information content (AvgIpc) is 3.45. The van der Waals surface area contributed by atoms with Crippen molar-refractivity contribution in [1.82, 2.24) is 10.2 Å². The summed E-state index contributed by atoms with van der Waals surface area (Å²) in [4.78, 5) is 17.0. The molecule has 126 valence electrons. The van der Waals surface area contributed by atoms with E-state index in [2.05, 4.69) is 34.2 Å². The lowest BCUT2D eigenvalue weighted by Crippen LogP contribution is -2.46. The van der Waals surface area contributed by atoms with Crippen LogP contribution in [0.15, 0.2) is 24.3 Å². The van der Waals surface area contributed by atoms with Crippen molar-refractivity contribution >= 4 is 11.6 Å². The Labute approximate surface area is 138 Å². The number of nitrogens with two attached hydrogens (primary N) is 1. The smallest absolute Gasteiger partial charge is 0.251 e. The van der Waals surface area contributed by atoms with Gasteiger partial charge in [-0.05, 0) is 49.6 Å². The SMILES string of the molecule is CCN1CCN(c2ccc(C(=O)NCC(N)C3CC3)cc2)CC1. The lowest BCUT2D eigenvalue weighted by atomic mass is 10.1. The second-order valence-electron chi connectivity index (χ2n) is 6.68. The van der Waals surface area contributed by atoms with Gasteiger partial charge in [-0.25, -0.2) is 0 Å². The molecule has 0 bridgehead atoms. The monoisotopic (exact) mass is 316 g/mol. The number of hydrogen-bond acceptors (Lipinski definition) is 4. The highest BCUT2D eigenvalue weighted by molar-refractivity contribution is 5.94. The number of likely N-dealkylation sites (N-methyl/N-ethyl adjacent to an activating group) is 1. The van der Waals surface area contributed by atoms with E-state index in [0.717, 1.165) is 32.7 Å². The molecule has 0 aromatic heterocycles. The summed E-state index contributed by atoms with van der Waals surface area (Å²) >= 11 is 0. The standard InChI is InChI=1S/C18H28N4O/c1-2-21-9-11-22(12-10-21)16-7-5-15(6-8-16)18(23)20-13-17(19)14-3-4-14/h5-8,14,17H,2-4,9-13,19H2,1H3,(H,20,23). The molecule has 23 heavy (non-hydrogen) atoms. The van der Waals surface area contributed by atoms with Crippen molar-refractivity contribution in [3.63, 3.8) is 0 Å². The van der Waals surface area contributed by atoms with E-state index in [1.165, 1.54) is 18.5 Å². The highest BCUT2D eigenvalue weighted by Gasteiger charge is 2.28. The number of rotatable bonds is 6. The van der Waals surface area contributed by atoms with Gasteiger partial charge in [0.2, 0.25) is 0 Å². The first-order valence-corrected chi connectivity index (χ1v) is 8.78. The Morgan fingerprint density at radius 1 is 1.22 bits per heavy atom. The quantitative estimate of drug-likeness (QED) is 0.830. The van der Waals surface area contributed by atoms with Gasteiger partial charge in [0.05, 0.1) is 0 Å². The summed E-state index contributed by atoms with van der Waals surface area (Å²) in [6, 6.07) is 8.04. The largest absolute Gasteiger partial charge is 0.369 e. The Hall–Kier alpha value is -1.59. The van der Waals surface area contributed by atoms with Gasteiger partial charge in [0.1, 0.15) is 0 Å². The van der Waals surface area contributed by atoms with E-state index in [9.17, 15) is 4.79 Å². The van der Waals surface area contributed by atoms with Crippen LogP contribution in [0.1, 0.15) is 30.1 Å².